The molecule has 102 valence electrons. The van der Waals surface area contributed by atoms with Gasteiger partial charge >= 0.3 is 0 Å². The minimum Gasteiger partial charge on any atom is -0.338 e. The predicted molar refractivity (Wildman–Crippen MR) is 83.8 cm³/mol. The molecule has 0 spiro atoms. The van der Waals surface area contributed by atoms with Crippen LogP contribution in [0.15, 0.2) is 36.4 Å². The third kappa shape index (κ3) is 2.32. The Balaban J connectivity index is 2.07. The average Bonchev–Trinajstić information content (AvgIpc) is 2.83. The second kappa shape index (κ2) is 5.10. The zero-order valence-corrected chi connectivity index (χ0v) is 11.9. The lowest BCUT2D eigenvalue weighted by Gasteiger charge is -2.01. The van der Waals surface area contributed by atoms with Gasteiger partial charge in [-0.1, -0.05) is 18.2 Å². The number of H-pyrrole nitrogens is 1. The monoisotopic (exact) mass is 265 g/mol. The first-order valence-electron chi connectivity index (χ1n) is 6.94. The number of imidazole rings is 1. The van der Waals surface area contributed by atoms with E-state index in [9.17, 15) is 0 Å². The summed E-state index contributed by atoms with van der Waals surface area (Å²) in [4.78, 5) is 8.11. The van der Waals surface area contributed by atoms with E-state index in [1.54, 1.807) is 0 Å². The summed E-state index contributed by atoms with van der Waals surface area (Å²) in [5, 5.41) is 0. The topological polar surface area (TPSA) is 54.7 Å². The number of nitrogens with zero attached hydrogens (tertiary/aromatic N) is 1. The normalized spacial score (nSPS) is 11.2. The summed E-state index contributed by atoms with van der Waals surface area (Å²) in [5.41, 5.74) is 12.6. The largest absolute Gasteiger partial charge is 0.338 e. The number of aryl methyl sites for hydroxylation is 2. The van der Waals surface area contributed by atoms with E-state index in [0.717, 1.165) is 28.8 Å². The zero-order valence-electron chi connectivity index (χ0n) is 11.9. The number of rotatable bonds is 3. The summed E-state index contributed by atoms with van der Waals surface area (Å²) in [5.74, 6) is 0.920. The maximum atomic E-state index is 5.62. The van der Waals surface area contributed by atoms with Crippen LogP contribution in [0.25, 0.3) is 22.4 Å². The first-order valence-corrected chi connectivity index (χ1v) is 6.94. The Hall–Kier alpha value is -2.13. The number of fused-ring (bicyclic) bond motifs is 1. The molecule has 1 aromatic heterocycles. The van der Waals surface area contributed by atoms with Crippen molar-refractivity contribution >= 4 is 11.0 Å². The molecular formula is C17H19N3. The molecule has 0 bridgehead atoms. The van der Waals surface area contributed by atoms with Gasteiger partial charge in [0.15, 0.2) is 0 Å². The Morgan fingerprint density at radius 1 is 1.10 bits per heavy atom. The van der Waals surface area contributed by atoms with Crippen LogP contribution in [0.2, 0.25) is 0 Å². The molecule has 1 heterocycles. The van der Waals surface area contributed by atoms with Crippen LogP contribution in [0, 0.1) is 13.8 Å². The Kier molecular flexibility index (Phi) is 3.28. The van der Waals surface area contributed by atoms with Crippen molar-refractivity contribution in [2.24, 2.45) is 5.73 Å². The van der Waals surface area contributed by atoms with Gasteiger partial charge in [0.1, 0.15) is 5.82 Å². The van der Waals surface area contributed by atoms with Gasteiger partial charge in [-0.05, 0) is 61.7 Å². The summed E-state index contributed by atoms with van der Waals surface area (Å²) in [6, 6.07) is 12.7. The number of hydrogen-bond donors (Lipinski definition) is 2. The van der Waals surface area contributed by atoms with Crippen molar-refractivity contribution in [3.63, 3.8) is 0 Å². The maximum absolute atomic E-state index is 5.62. The van der Waals surface area contributed by atoms with Gasteiger partial charge in [0, 0.05) is 5.56 Å². The van der Waals surface area contributed by atoms with Crippen LogP contribution < -0.4 is 5.73 Å². The minimum absolute atomic E-state index is 0.669. The molecule has 3 nitrogen and oxygen atoms in total. The van der Waals surface area contributed by atoms with Gasteiger partial charge in [-0.15, -0.1) is 0 Å². The fourth-order valence-electron chi connectivity index (χ4n) is 2.45. The number of nitrogens with one attached hydrogen (secondary N) is 1. The van der Waals surface area contributed by atoms with Crippen LogP contribution in [-0.4, -0.2) is 16.5 Å². The van der Waals surface area contributed by atoms with Gasteiger partial charge in [-0.25, -0.2) is 4.98 Å². The summed E-state index contributed by atoms with van der Waals surface area (Å²) >= 11 is 0. The van der Waals surface area contributed by atoms with Crippen molar-refractivity contribution in [3.8, 4) is 11.4 Å². The molecular weight excluding hydrogens is 246 g/mol. The predicted octanol–water partition coefficient (Wildman–Crippen LogP) is 3.35. The lowest BCUT2D eigenvalue weighted by Crippen LogP contribution is -2.02. The van der Waals surface area contributed by atoms with Crippen LogP contribution in [0.1, 0.15) is 16.7 Å². The molecule has 3 aromatic rings. The smallest absolute Gasteiger partial charge is 0.138 e. The van der Waals surface area contributed by atoms with Crippen LogP contribution in [-0.2, 0) is 6.42 Å². The third-order valence-corrected chi connectivity index (χ3v) is 3.73. The second-order valence-electron chi connectivity index (χ2n) is 5.28. The standard InChI is InChI=1S/C17H19N3/c1-11-8-15-16(9-12(11)2)20-17(19-15)14-5-3-4-13(10-14)6-7-18/h3-5,8-10H,6-7,18H2,1-2H3,(H,19,20). The van der Waals surface area contributed by atoms with Crippen LogP contribution in [0.3, 0.4) is 0 Å². The molecule has 3 heteroatoms. The Bertz CT molecular complexity index is 717. The fourth-order valence-corrected chi connectivity index (χ4v) is 2.45. The van der Waals surface area contributed by atoms with E-state index in [0.29, 0.717) is 6.54 Å². The van der Waals surface area contributed by atoms with Crippen molar-refractivity contribution in [2.75, 3.05) is 6.54 Å². The van der Waals surface area contributed by atoms with Crippen molar-refractivity contribution in [3.05, 3.63) is 53.1 Å². The second-order valence-corrected chi connectivity index (χ2v) is 5.28. The third-order valence-electron chi connectivity index (χ3n) is 3.73. The highest BCUT2D eigenvalue weighted by Gasteiger charge is 2.07. The summed E-state index contributed by atoms with van der Waals surface area (Å²) < 4.78 is 0. The summed E-state index contributed by atoms with van der Waals surface area (Å²) in [7, 11) is 0. The van der Waals surface area contributed by atoms with Gasteiger partial charge in [0.05, 0.1) is 11.0 Å². The molecule has 2 aromatic carbocycles. The molecule has 0 aliphatic rings. The van der Waals surface area contributed by atoms with E-state index < -0.39 is 0 Å². The molecule has 0 fully saturated rings. The Morgan fingerprint density at radius 3 is 2.70 bits per heavy atom. The molecule has 20 heavy (non-hydrogen) atoms. The maximum Gasteiger partial charge on any atom is 0.138 e. The highest BCUT2D eigenvalue weighted by atomic mass is 14.9. The molecule has 0 atom stereocenters. The highest BCUT2D eigenvalue weighted by Crippen LogP contribution is 2.23. The number of benzene rings is 2. The Labute approximate surface area is 118 Å². The number of nitrogens with two attached hydrogens (primary N) is 1. The van der Waals surface area contributed by atoms with Crippen molar-refractivity contribution in [1.82, 2.24) is 9.97 Å². The zero-order chi connectivity index (χ0) is 14.1. The first kappa shape index (κ1) is 12.9. The SMILES string of the molecule is Cc1cc2nc(-c3cccc(CCN)c3)[nH]c2cc1C. The quantitative estimate of drug-likeness (QED) is 0.763. The minimum atomic E-state index is 0.669. The van der Waals surface area contributed by atoms with Gasteiger partial charge in [-0.3, -0.25) is 0 Å². The van der Waals surface area contributed by atoms with Crippen LogP contribution >= 0.6 is 0 Å². The molecule has 0 radical (unpaired) electrons. The van der Waals surface area contributed by atoms with E-state index >= 15 is 0 Å². The number of aromatic amines is 1. The van der Waals surface area contributed by atoms with Gasteiger partial charge in [-0.2, -0.15) is 0 Å². The van der Waals surface area contributed by atoms with Crippen molar-refractivity contribution in [2.45, 2.75) is 20.3 Å². The molecule has 3 rings (SSSR count). The Morgan fingerprint density at radius 2 is 1.90 bits per heavy atom. The van der Waals surface area contributed by atoms with E-state index in [4.69, 9.17) is 10.7 Å². The van der Waals surface area contributed by atoms with Gasteiger partial charge in [0.2, 0.25) is 0 Å². The van der Waals surface area contributed by atoms with Gasteiger partial charge in [0.25, 0.3) is 0 Å². The van der Waals surface area contributed by atoms with E-state index in [2.05, 4.69) is 55.2 Å². The molecule has 0 saturated carbocycles. The number of hydrogen-bond acceptors (Lipinski definition) is 2. The van der Waals surface area contributed by atoms with Crippen LogP contribution in [0.5, 0.6) is 0 Å². The van der Waals surface area contributed by atoms with E-state index in [1.165, 1.54) is 16.7 Å². The highest BCUT2D eigenvalue weighted by molar-refractivity contribution is 5.81. The molecule has 0 aliphatic heterocycles. The lowest BCUT2D eigenvalue weighted by atomic mass is 10.1. The van der Waals surface area contributed by atoms with E-state index in [1.807, 2.05) is 0 Å². The summed E-state index contributed by atoms with van der Waals surface area (Å²) in [6.45, 7) is 4.91. The molecule has 0 amide bonds. The van der Waals surface area contributed by atoms with Gasteiger partial charge < -0.3 is 10.7 Å². The lowest BCUT2D eigenvalue weighted by molar-refractivity contribution is 0.969. The fraction of sp³-hybridized carbons (Fsp3) is 0.235. The molecule has 0 aliphatic carbocycles. The van der Waals surface area contributed by atoms with Crippen molar-refractivity contribution in [1.29, 1.82) is 0 Å². The summed E-state index contributed by atoms with van der Waals surface area (Å²) in [6.07, 6.45) is 0.895. The molecule has 3 N–H and O–H groups in total. The average molecular weight is 265 g/mol. The molecule has 0 saturated heterocycles. The first-order chi connectivity index (χ1) is 9.67. The number of aromatic nitrogens is 2. The van der Waals surface area contributed by atoms with Crippen LogP contribution in [0.4, 0.5) is 0 Å². The van der Waals surface area contributed by atoms with Crippen molar-refractivity contribution < 1.29 is 0 Å². The molecule has 0 unspecified atom stereocenters. The van der Waals surface area contributed by atoms with E-state index in [-0.39, 0.29) is 0 Å².